The summed E-state index contributed by atoms with van der Waals surface area (Å²) in [5.41, 5.74) is 2.11. The van der Waals surface area contributed by atoms with Crippen molar-refractivity contribution in [1.82, 2.24) is 4.98 Å². The second-order valence-corrected chi connectivity index (χ2v) is 8.11. The zero-order valence-electron chi connectivity index (χ0n) is 18.3. The highest BCUT2D eigenvalue weighted by Crippen LogP contribution is 2.27. The topological polar surface area (TPSA) is 94.2 Å². The normalized spacial score (nSPS) is 15.5. The van der Waals surface area contributed by atoms with Crippen LogP contribution in [0.3, 0.4) is 0 Å². The van der Waals surface area contributed by atoms with Gasteiger partial charge in [-0.25, -0.2) is 25.5 Å². The van der Waals surface area contributed by atoms with Crippen molar-refractivity contribution in [3.05, 3.63) is 22.6 Å². The minimum absolute atomic E-state index is 0.159. The van der Waals surface area contributed by atoms with Crippen molar-refractivity contribution in [2.75, 3.05) is 25.1 Å². The molecular weight excluding hydrogens is 436 g/mol. The molecule has 0 amide bonds. The van der Waals surface area contributed by atoms with Gasteiger partial charge in [0, 0.05) is 18.5 Å². The van der Waals surface area contributed by atoms with Crippen LogP contribution in [0.5, 0.6) is 0 Å². The molecule has 1 aromatic rings. The van der Waals surface area contributed by atoms with E-state index in [1.54, 1.807) is 19.4 Å². The lowest BCUT2D eigenvalue weighted by atomic mass is 10.2. The third-order valence-electron chi connectivity index (χ3n) is 4.71. The lowest BCUT2D eigenvalue weighted by Gasteiger charge is -2.12. The maximum Gasteiger partial charge on any atom is 0.387 e. The van der Waals surface area contributed by atoms with Crippen LogP contribution in [0.4, 0.5) is 5.00 Å². The molecule has 0 atom stereocenters. The first-order chi connectivity index (χ1) is 15.0. The van der Waals surface area contributed by atoms with E-state index in [0.29, 0.717) is 31.0 Å². The van der Waals surface area contributed by atoms with Crippen LogP contribution in [0.2, 0.25) is 0 Å². The third-order valence-corrected chi connectivity index (χ3v) is 5.77. The minimum Gasteiger partial charge on any atom is -0.461 e. The Balaban J connectivity index is 0.000000268. The molecule has 0 spiro atoms. The molecule has 10 heteroatoms. The Hall–Kier alpha value is -2.12. The highest BCUT2D eigenvalue weighted by molar-refractivity contribution is 7.47. The second-order valence-electron chi connectivity index (χ2n) is 7.04. The first-order valence-electron chi connectivity index (χ1n) is 10.7. The number of carbonyl (C=O) groups excluding carboxylic acids is 2. The molecule has 172 valence electrons. The van der Waals surface area contributed by atoms with Crippen LogP contribution in [-0.4, -0.2) is 48.8 Å². The number of aromatic nitrogens is 1. The van der Waals surface area contributed by atoms with Gasteiger partial charge in [0.25, 0.3) is 0 Å². The number of carbonyl (C=O) groups is 2. The number of anilines is 1. The Morgan fingerprint density at radius 3 is 2.32 bits per heavy atom. The molecule has 0 radical (unpaired) electrons. The lowest BCUT2D eigenvalue weighted by molar-refractivity contribution is -0.140. The van der Waals surface area contributed by atoms with Crippen LogP contribution in [0.15, 0.2) is 9.87 Å². The molecule has 2 aliphatic rings. The van der Waals surface area contributed by atoms with E-state index in [1.165, 1.54) is 62.7 Å². The Bertz CT molecular complexity index is 708. The quantitative estimate of drug-likeness (QED) is 0.453. The fraction of sp³-hybridized carbons (Fsp3) is 0.714. The molecule has 0 saturated heterocycles. The molecule has 2 aliphatic carbocycles. The zero-order valence-corrected chi connectivity index (χ0v) is 19.9. The summed E-state index contributed by atoms with van der Waals surface area (Å²) in [4.78, 5) is 28.7. The van der Waals surface area contributed by atoms with Crippen LogP contribution < -0.4 is 5.32 Å². The number of hydrogen-bond donors (Lipinski definition) is 1. The number of ether oxygens (including phenoxy) is 2. The Kier molecular flexibility index (Phi) is 14.4. The first-order valence-corrected chi connectivity index (χ1v) is 12.0. The Labute approximate surface area is 194 Å². The maximum absolute atomic E-state index is 11.6. The predicted molar refractivity (Wildman–Crippen MR) is 124 cm³/mol. The van der Waals surface area contributed by atoms with Crippen LogP contribution in [0, 0.1) is 6.57 Å². The highest BCUT2D eigenvalue weighted by Gasteiger charge is 2.21. The smallest absolute Gasteiger partial charge is 0.387 e. The van der Waals surface area contributed by atoms with Gasteiger partial charge in [0.15, 0.2) is 5.69 Å². The number of nitrogens with one attached hydrogen (secondary N) is 1. The lowest BCUT2D eigenvalue weighted by Crippen LogP contribution is -2.16. The van der Waals surface area contributed by atoms with E-state index in [1.807, 2.05) is 0 Å². The summed E-state index contributed by atoms with van der Waals surface area (Å²) in [7, 11) is 0. The number of hydrogen-bond acceptors (Lipinski definition) is 9. The van der Waals surface area contributed by atoms with Crippen molar-refractivity contribution in [1.29, 1.82) is 0 Å². The van der Waals surface area contributed by atoms with Gasteiger partial charge in [-0.2, -0.15) is 0 Å². The average molecular weight is 469 g/mol. The Morgan fingerprint density at radius 2 is 1.81 bits per heavy atom. The van der Waals surface area contributed by atoms with E-state index in [-0.39, 0.29) is 12.5 Å². The molecule has 0 aliphatic heterocycles. The van der Waals surface area contributed by atoms with Crippen LogP contribution in [0.1, 0.15) is 75.7 Å². The Morgan fingerprint density at radius 1 is 1.19 bits per heavy atom. The molecule has 31 heavy (non-hydrogen) atoms. The SMILES string of the molecule is CCOC(=O)c1ncsc1NC1CCCC1.S=NC1CCCC1.[C-]#[N+]CC(=O)OCC. The van der Waals surface area contributed by atoms with Gasteiger partial charge in [-0.15, -0.1) is 11.3 Å². The average Bonchev–Trinajstić information content (AvgIpc) is 3.53. The largest absolute Gasteiger partial charge is 0.461 e. The van der Waals surface area contributed by atoms with Gasteiger partial charge in [-0.05, 0) is 39.5 Å². The summed E-state index contributed by atoms with van der Waals surface area (Å²) in [5, 5.41) is 4.24. The van der Waals surface area contributed by atoms with Crippen molar-refractivity contribution >= 4 is 40.7 Å². The zero-order chi connectivity index (χ0) is 22.9. The van der Waals surface area contributed by atoms with Crippen molar-refractivity contribution in [2.24, 2.45) is 4.36 Å². The van der Waals surface area contributed by atoms with E-state index in [4.69, 9.17) is 11.3 Å². The van der Waals surface area contributed by atoms with Gasteiger partial charge < -0.3 is 19.6 Å². The van der Waals surface area contributed by atoms with Crippen molar-refractivity contribution < 1.29 is 19.1 Å². The monoisotopic (exact) mass is 468 g/mol. The minimum atomic E-state index is -0.442. The van der Waals surface area contributed by atoms with Gasteiger partial charge in [-0.1, -0.05) is 25.7 Å². The molecule has 8 nitrogen and oxygen atoms in total. The molecule has 1 aromatic heterocycles. The van der Waals surface area contributed by atoms with Crippen LogP contribution in [-0.2, 0) is 26.7 Å². The molecule has 1 heterocycles. The van der Waals surface area contributed by atoms with Crippen molar-refractivity contribution in [2.45, 2.75) is 77.3 Å². The first kappa shape index (κ1) is 26.9. The fourth-order valence-electron chi connectivity index (χ4n) is 3.23. The summed E-state index contributed by atoms with van der Waals surface area (Å²) in [6.45, 7) is 10.3. The van der Waals surface area contributed by atoms with Gasteiger partial charge in [0.2, 0.25) is 0 Å². The molecule has 0 aromatic carbocycles. The van der Waals surface area contributed by atoms with E-state index in [9.17, 15) is 9.59 Å². The number of nitrogens with zero attached hydrogens (tertiary/aromatic N) is 3. The summed E-state index contributed by atoms with van der Waals surface area (Å²) >= 11 is 6.00. The molecule has 0 bridgehead atoms. The van der Waals surface area contributed by atoms with Crippen LogP contribution in [0.25, 0.3) is 4.85 Å². The summed E-state index contributed by atoms with van der Waals surface area (Å²) in [6, 6.07) is 1.03. The number of rotatable bonds is 7. The van der Waals surface area contributed by atoms with E-state index >= 15 is 0 Å². The second kappa shape index (κ2) is 16.6. The van der Waals surface area contributed by atoms with E-state index < -0.39 is 5.97 Å². The van der Waals surface area contributed by atoms with Gasteiger partial charge >= 0.3 is 18.5 Å². The molecular formula is C21H32N4O4S2. The highest BCUT2D eigenvalue weighted by atomic mass is 32.1. The van der Waals surface area contributed by atoms with E-state index in [2.05, 4.69) is 36.7 Å². The van der Waals surface area contributed by atoms with Crippen molar-refractivity contribution in [3.8, 4) is 0 Å². The van der Waals surface area contributed by atoms with Gasteiger partial charge in [0.1, 0.15) is 5.00 Å². The number of esters is 2. The molecule has 0 unspecified atom stereocenters. The number of thiazole rings is 1. The van der Waals surface area contributed by atoms with Gasteiger partial charge in [0.05, 0.1) is 24.8 Å². The van der Waals surface area contributed by atoms with Crippen LogP contribution >= 0.6 is 11.3 Å². The summed E-state index contributed by atoms with van der Waals surface area (Å²) in [5.74, 6) is -0.772. The maximum atomic E-state index is 11.6. The van der Waals surface area contributed by atoms with E-state index in [0.717, 1.165) is 5.00 Å². The molecule has 2 fully saturated rings. The fourth-order valence-corrected chi connectivity index (χ4v) is 4.19. The summed E-state index contributed by atoms with van der Waals surface area (Å²) in [6.07, 6.45) is 10.1. The molecule has 1 N–H and O–H groups in total. The third kappa shape index (κ3) is 11.2. The molecule has 3 rings (SSSR count). The van der Waals surface area contributed by atoms with Gasteiger partial charge in [-0.3, -0.25) is 0 Å². The molecule has 2 saturated carbocycles. The predicted octanol–water partition coefficient (Wildman–Crippen LogP) is 4.80. The summed E-state index contributed by atoms with van der Waals surface area (Å²) < 4.78 is 13.2. The standard InChI is InChI=1S/C11H16N2O2S.C5H7NO2.C5H9NS/c1-2-15-11(14)9-10(16-7-12-9)13-8-5-3-4-6-8;1-3-8-5(7)4-6-2;7-6-5-3-1-2-4-5/h7-8,13H,2-6H2,1H3;3-4H2,1H3;5H,1-4H2. The van der Waals surface area contributed by atoms with Crippen molar-refractivity contribution in [3.63, 3.8) is 0 Å².